The minimum Gasteiger partial charge on any atom is -0.481 e. The van der Waals surface area contributed by atoms with E-state index in [1.165, 1.54) is 24.3 Å². The first-order valence-corrected chi connectivity index (χ1v) is 14.8. The fraction of sp³-hybridized carbons (Fsp3) is 0.320. The average Bonchev–Trinajstić information content (AvgIpc) is 3.12. The van der Waals surface area contributed by atoms with E-state index in [1.54, 1.807) is 37.3 Å². The van der Waals surface area contributed by atoms with Crippen molar-refractivity contribution in [1.82, 2.24) is 4.57 Å². The summed E-state index contributed by atoms with van der Waals surface area (Å²) in [5.41, 5.74) is 3.10. The van der Waals surface area contributed by atoms with Gasteiger partial charge in [-0.1, -0.05) is 12.1 Å². The molecule has 0 aliphatic rings. The lowest BCUT2D eigenvalue weighted by Gasteiger charge is -2.15. The Morgan fingerprint density at radius 3 is 2.14 bits per heavy atom. The Hall–Kier alpha value is -3.02. The number of rotatable bonds is 11. The molecular formula is C25H28FNO7S2. The lowest BCUT2D eigenvalue weighted by atomic mass is 9.93. The van der Waals surface area contributed by atoms with Crippen molar-refractivity contribution in [2.45, 2.75) is 37.0 Å². The molecular weight excluding hydrogens is 509 g/mol. The quantitative estimate of drug-likeness (QED) is 0.286. The van der Waals surface area contributed by atoms with Gasteiger partial charge >= 0.3 is 5.97 Å². The van der Waals surface area contributed by atoms with E-state index in [4.69, 9.17) is 4.18 Å². The second-order valence-electron chi connectivity index (χ2n) is 8.59. The molecule has 3 rings (SSSR count). The smallest absolute Gasteiger partial charge is 0.311 e. The summed E-state index contributed by atoms with van der Waals surface area (Å²) in [6.45, 7) is 1.74. The van der Waals surface area contributed by atoms with Gasteiger partial charge in [0.1, 0.15) is 5.82 Å². The van der Waals surface area contributed by atoms with Gasteiger partial charge in [-0.2, -0.15) is 8.42 Å². The number of carbonyl (C=O) groups is 1. The highest BCUT2D eigenvalue weighted by Crippen LogP contribution is 2.35. The minimum absolute atomic E-state index is 0.0291. The maximum Gasteiger partial charge on any atom is 0.311 e. The van der Waals surface area contributed by atoms with Crippen LogP contribution in [0.4, 0.5) is 4.39 Å². The van der Waals surface area contributed by atoms with E-state index in [0.717, 1.165) is 12.5 Å². The van der Waals surface area contributed by atoms with E-state index < -0.39 is 37.7 Å². The van der Waals surface area contributed by atoms with Crippen molar-refractivity contribution in [3.63, 3.8) is 0 Å². The van der Waals surface area contributed by atoms with Gasteiger partial charge in [0.05, 0.1) is 29.4 Å². The minimum atomic E-state index is -3.56. The zero-order chi connectivity index (χ0) is 26.7. The number of sulfone groups is 1. The number of carboxylic acid groups (broad SMARTS) is 1. The van der Waals surface area contributed by atoms with Crippen LogP contribution in [0.1, 0.15) is 36.4 Å². The second-order valence-corrected chi connectivity index (χ2v) is 12.3. The number of carboxylic acids is 1. The molecule has 0 aliphatic heterocycles. The number of aromatic nitrogens is 1. The number of halogens is 1. The Morgan fingerprint density at radius 1 is 1.00 bits per heavy atom. The fourth-order valence-electron chi connectivity index (χ4n) is 4.06. The third-order valence-electron chi connectivity index (χ3n) is 5.81. The Morgan fingerprint density at radius 2 is 1.61 bits per heavy atom. The second kappa shape index (κ2) is 10.9. The summed E-state index contributed by atoms with van der Waals surface area (Å²) in [7, 11) is -6.96. The molecule has 1 atom stereocenters. The molecule has 36 heavy (non-hydrogen) atoms. The van der Waals surface area contributed by atoms with Crippen LogP contribution in [0.15, 0.2) is 59.5 Å². The Labute approximate surface area is 210 Å². The van der Waals surface area contributed by atoms with Crippen molar-refractivity contribution in [1.29, 1.82) is 0 Å². The molecule has 0 spiro atoms. The largest absolute Gasteiger partial charge is 0.481 e. The van der Waals surface area contributed by atoms with Gasteiger partial charge in [0.15, 0.2) is 9.84 Å². The van der Waals surface area contributed by atoms with E-state index in [1.807, 2.05) is 4.57 Å². The molecule has 1 heterocycles. The number of benzene rings is 2. The molecule has 0 bridgehead atoms. The molecule has 0 fully saturated rings. The number of nitrogens with zero attached hydrogens (tertiary/aromatic N) is 1. The van der Waals surface area contributed by atoms with Crippen molar-refractivity contribution in [3.05, 3.63) is 71.7 Å². The zero-order valence-electron chi connectivity index (χ0n) is 20.1. The number of aliphatic carboxylic acids is 1. The predicted octanol–water partition coefficient (Wildman–Crippen LogP) is 4.31. The van der Waals surface area contributed by atoms with Crippen LogP contribution in [0.3, 0.4) is 0 Å². The third-order valence-corrected chi connectivity index (χ3v) is 7.53. The first-order chi connectivity index (χ1) is 16.8. The van der Waals surface area contributed by atoms with Gasteiger partial charge in [0, 0.05) is 17.6 Å². The fourth-order valence-corrected chi connectivity index (χ4v) is 5.11. The van der Waals surface area contributed by atoms with Crippen LogP contribution in [0.5, 0.6) is 0 Å². The number of unbranched alkanes of at least 4 members (excludes halogenated alkanes) is 1. The van der Waals surface area contributed by atoms with Gasteiger partial charge < -0.3 is 9.67 Å². The van der Waals surface area contributed by atoms with Crippen molar-refractivity contribution >= 4 is 25.9 Å². The molecule has 0 amide bonds. The van der Waals surface area contributed by atoms with Gasteiger partial charge in [-0.05, 0) is 79.8 Å². The van der Waals surface area contributed by atoms with E-state index >= 15 is 0 Å². The van der Waals surface area contributed by atoms with E-state index in [9.17, 15) is 31.1 Å². The number of hydrogen-bond acceptors (Lipinski definition) is 6. The summed E-state index contributed by atoms with van der Waals surface area (Å²) in [4.78, 5) is 12.4. The van der Waals surface area contributed by atoms with Crippen molar-refractivity contribution in [2.24, 2.45) is 0 Å². The molecule has 1 N–H and O–H groups in total. The molecule has 1 aromatic heterocycles. The van der Waals surface area contributed by atoms with Crippen LogP contribution in [0.2, 0.25) is 0 Å². The van der Waals surface area contributed by atoms with Gasteiger partial charge in [-0.25, -0.2) is 12.8 Å². The zero-order valence-corrected chi connectivity index (χ0v) is 21.8. The molecule has 8 nitrogen and oxygen atoms in total. The molecule has 0 aliphatic carbocycles. The molecule has 11 heteroatoms. The van der Waals surface area contributed by atoms with E-state index in [2.05, 4.69) is 0 Å². The lowest BCUT2D eigenvalue weighted by molar-refractivity contribution is -0.139. The molecule has 0 saturated heterocycles. The maximum absolute atomic E-state index is 13.6. The monoisotopic (exact) mass is 537 g/mol. The molecule has 2 aromatic carbocycles. The van der Waals surface area contributed by atoms with Crippen molar-refractivity contribution in [2.75, 3.05) is 19.1 Å². The van der Waals surface area contributed by atoms with Gasteiger partial charge in [-0.15, -0.1) is 0 Å². The van der Waals surface area contributed by atoms with Crippen LogP contribution in [0.25, 0.3) is 16.9 Å². The highest BCUT2D eigenvalue weighted by molar-refractivity contribution is 7.90. The molecule has 3 aromatic rings. The first-order valence-electron chi connectivity index (χ1n) is 11.1. The Kier molecular flexibility index (Phi) is 8.37. The Bertz CT molecular complexity index is 1440. The SMILES string of the molecule is Cc1c(C(CCCCOS(C)(=O)=O)C(=O)O)cc(-c2ccc(S(C)(=O)=O)cc2)n1-c1ccc(F)cc1. The van der Waals surface area contributed by atoms with Crippen LogP contribution in [-0.4, -0.2) is 51.6 Å². The van der Waals surface area contributed by atoms with Crippen LogP contribution in [-0.2, 0) is 28.9 Å². The average molecular weight is 538 g/mol. The highest BCUT2D eigenvalue weighted by Gasteiger charge is 2.26. The standard InChI is InChI=1S/C25H28FNO7S2/c1-17-23(22(25(28)29)6-4-5-15-34-36(3,32)33)16-24(27(17)20-11-9-19(26)10-12-20)18-7-13-21(14-8-18)35(2,30)31/h7-14,16,22H,4-6,15H2,1-3H3,(H,28,29). The lowest BCUT2D eigenvalue weighted by Crippen LogP contribution is -2.13. The maximum atomic E-state index is 13.6. The molecule has 0 saturated carbocycles. The van der Waals surface area contributed by atoms with Crippen molar-refractivity contribution < 1.29 is 35.3 Å². The normalized spacial score (nSPS) is 13.0. The number of hydrogen-bond donors (Lipinski definition) is 1. The summed E-state index contributed by atoms with van der Waals surface area (Å²) >= 11 is 0. The topological polar surface area (TPSA) is 120 Å². The van der Waals surface area contributed by atoms with Crippen molar-refractivity contribution in [3.8, 4) is 16.9 Å². The van der Waals surface area contributed by atoms with E-state index in [-0.39, 0.29) is 17.9 Å². The summed E-state index contributed by atoms with van der Waals surface area (Å²) in [6, 6.07) is 13.8. The molecule has 194 valence electrons. The molecule has 0 radical (unpaired) electrons. The van der Waals surface area contributed by atoms with Gasteiger partial charge in [-0.3, -0.25) is 8.98 Å². The van der Waals surface area contributed by atoms with Gasteiger partial charge in [0.25, 0.3) is 10.1 Å². The van der Waals surface area contributed by atoms with Gasteiger partial charge in [0.2, 0.25) is 0 Å². The first kappa shape index (κ1) is 27.6. The molecule has 1 unspecified atom stereocenters. The third kappa shape index (κ3) is 6.80. The van der Waals surface area contributed by atoms with Crippen LogP contribution in [0, 0.1) is 12.7 Å². The summed E-state index contributed by atoms with van der Waals surface area (Å²) < 4.78 is 66.2. The highest BCUT2D eigenvalue weighted by atomic mass is 32.2. The summed E-state index contributed by atoms with van der Waals surface area (Å²) in [5.74, 6) is -2.32. The summed E-state index contributed by atoms with van der Waals surface area (Å²) in [5, 5.41) is 9.99. The summed E-state index contributed by atoms with van der Waals surface area (Å²) in [6.07, 6.45) is 3.12. The van der Waals surface area contributed by atoms with E-state index in [0.29, 0.717) is 41.0 Å². The van der Waals surface area contributed by atoms with Crippen LogP contribution >= 0.6 is 0 Å². The van der Waals surface area contributed by atoms with Crippen LogP contribution < -0.4 is 0 Å². The predicted molar refractivity (Wildman–Crippen MR) is 134 cm³/mol. The Balaban J connectivity index is 2.02.